The number of rotatable bonds is 6. The Kier molecular flexibility index (Phi) is 7.32. The Labute approximate surface area is 324 Å². The van der Waals surface area contributed by atoms with Crippen molar-refractivity contribution in [1.82, 2.24) is 9.24 Å². The van der Waals surface area contributed by atoms with Crippen molar-refractivity contribution in [3.05, 3.63) is 235 Å². The minimum absolute atomic E-state index is 0.664. The first-order valence-corrected chi connectivity index (χ1v) is 19.0. The maximum absolute atomic E-state index is 5.93. The van der Waals surface area contributed by atoms with Gasteiger partial charge in [0.25, 0.3) is 0 Å². The van der Waals surface area contributed by atoms with Gasteiger partial charge in [-0.25, -0.2) is 19.7 Å². The van der Waals surface area contributed by atoms with E-state index in [0.717, 1.165) is 72.0 Å². The predicted octanol–water partition coefficient (Wildman–Crippen LogP) is 11.6. The summed E-state index contributed by atoms with van der Waals surface area (Å²) in [5, 5.41) is 7.01. The lowest BCUT2D eigenvalue weighted by atomic mass is 9.88. The normalized spacial score (nSPS) is 15.8. The first-order valence-electron chi connectivity index (χ1n) is 19.0. The van der Waals surface area contributed by atoms with Gasteiger partial charge < -0.3 is 4.57 Å². The van der Waals surface area contributed by atoms with Crippen LogP contribution in [0.4, 0.5) is 0 Å². The van der Waals surface area contributed by atoms with Gasteiger partial charge in [-0.15, -0.1) is 0 Å². The van der Waals surface area contributed by atoms with E-state index in [-0.39, 0.29) is 0 Å². The molecule has 8 aromatic carbocycles. The first kappa shape index (κ1) is 32.0. The minimum atomic E-state index is -1.13. The van der Waals surface area contributed by atoms with Crippen LogP contribution in [-0.4, -0.2) is 20.9 Å². The van der Waals surface area contributed by atoms with Gasteiger partial charge in [0.05, 0.1) is 22.1 Å². The monoisotopic (exact) mass is 717 g/mol. The largest absolute Gasteiger partial charge is 0.309 e. The zero-order valence-corrected chi connectivity index (χ0v) is 30.4. The summed E-state index contributed by atoms with van der Waals surface area (Å²) >= 11 is 0. The SMILES string of the molecule is c1ccc(C2=NC(c3ccccc3)(c3ccc4c(c3)c3ccccc3n4-c3ccccc3)N(n3c4ccccc4c4ccccc43)C(c3ccccc3)=N2)cc1. The molecule has 264 valence electrons. The summed E-state index contributed by atoms with van der Waals surface area (Å²) < 4.78 is 4.72. The lowest BCUT2D eigenvalue weighted by Crippen LogP contribution is -2.58. The quantitative estimate of drug-likeness (QED) is 0.169. The van der Waals surface area contributed by atoms with Crippen LogP contribution in [0, 0.1) is 0 Å². The summed E-state index contributed by atoms with van der Waals surface area (Å²) in [6.45, 7) is 0. The van der Waals surface area contributed by atoms with Crippen LogP contribution >= 0.6 is 0 Å². The molecule has 0 amide bonds. The highest BCUT2D eigenvalue weighted by atomic mass is 15.6. The third kappa shape index (κ3) is 4.81. The second-order valence-electron chi connectivity index (χ2n) is 14.2. The molecule has 0 saturated carbocycles. The fourth-order valence-corrected chi connectivity index (χ4v) is 8.63. The van der Waals surface area contributed by atoms with Crippen LogP contribution in [0.3, 0.4) is 0 Å². The highest BCUT2D eigenvalue weighted by molar-refractivity contribution is 6.20. The zero-order chi connectivity index (χ0) is 37.1. The molecule has 11 rings (SSSR count). The Bertz CT molecular complexity index is 3070. The summed E-state index contributed by atoms with van der Waals surface area (Å²) in [6, 6.07) is 75.2. The van der Waals surface area contributed by atoms with Gasteiger partial charge in [-0.05, 0) is 42.5 Å². The maximum atomic E-state index is 5.93. The smallest absolute Gasteiger partial charge is 0.206 e. The average Bonchev–Trinajstić information content (AvgIpc) is 3.79. The van der Waals surface area contributed by atoms with Gasteiger partial charge in [0, 0.05) is 49.5 Å². The van der Waals surface area contributed by atoms with E-state index in [1.165, 1.54) is 5.39 Å². The van der Waals surface area contributed by atoms with Crippen molar-refractivity contribution in [1.29, 1.82) is 0 Å². The average molecular weight is 718 g/mol. The molecule has 0 N–H and O–H groups in total. The molecule has 0 aliphatic carbocycles. The molecule has 0 radical (unpaired) electrons. The van der Waals surface area contributed by atoms with Gasteiger partial charge in [-0.1, -0.05) is 170 Å². The van der Waals surface area contributed by atoms with Crippen LogP contribution in [-0.2, 0) is 5.66 Å². The third-order valence-corrected chi connectivity index (χ3v) is 11.1. The molecule has 1 unspecified atom stereocenters. The lowest BCUT2D eigenvalue weighted by molar-refractivity contribution is 0.475. The fourth-order valence-electron chi connectivity index (χ4n) is 8.63. The van der Waals surface area contributed by atoms with Gasteiger partial charge >= 0.3 is 0 Å². The highest BCUT2D eigenvalue weighted by Crippen LogP contribution is 2.45. The molecule has 1 atom stereocenters. The lowest BCUT2D eigenvalue weighted by Gasteiger charge is -2.46. The van der Waals surface area contributed by atoms with Crippen LogP contribution in [0.25, 0.3) is 49.3 Å². The van der Waals surface area contributed by atoms with Gasteiger partial charge in [-0.3, -0.25) is 0 Å². The van der Waals surface area contributed by atoms with E-state index in [4.69, 9.17) is 9.98 Å². The van der Waals surface area contributed by atoms with Gasteiger partial charge in [0.15, 0.2) is 11.7 Å². The third-order valence-electron chi connectivity index (χ3n) is 11.1. The molecule has 5 heteroatoms. The Morgan fingerprint density at radius 2 is 0.857 bits per heavy atom. The van der Waals surface area contributed by atoms with E-state index in [1.54, 1.807) is 0 Å². The summed E-state index contributed by atoms with van der Waals surface area (Å²) in [5.74, 6) is 1.46. The van der Waals surface area contributed by atoms with Crippen LogP contribution in [0.5, 0.6) is 0 Å². The molecular formula is C51H35N5. The van der Waals surface area contributed by atoms with Gasteiger partial charge in [0.1, 0.15) is 0 Å². The number of benzene rings is 8. The van der Waals surface area contributed by atoms with Crippen molar-refractivity contribution in [3.8, 4) is 5.69 Å². The fraction of sp³-hybridized carbons (Fsp3) is 0.0196. The van der Waals surface area contributed by atoms with Crippen molar-refractivity contribution >= 4 is 55.3 Å². The van der Waals surface area contributed by atoms with Crippen LogP contribution in [0.2, 0.25) is 0 Å². The summed E-state index contributed by atoms with van der Waals surface area (Å²) in [6.07, 6.45) is 0. The topological polar surface area (TPSA) is 37.8 Å². The molecule has 0 saturated heterocycles. The van der Waals surface area contributed by atoms with Crippen molar-refractivity contribution in [3.63, 3.8) is 0 Å². The number of hydrogen-bond donors (Lipinski definition) is 0. The van der Waals surface area contributed by atoms with E-state index in [1.807, 2.05) is 6.07 Å². The van der Waals surface area contributed by atoms with E-state index in [2.05, 4.69) is 221 Å². The van der Waals surface area contributed by atoms with Crippen molar-refractivity contribution in [2.45, 2.75) is 5.66 Å². The maximum Gasteiger partial charge on any atom is 0.206 e. The Morgan fingerprint density at radius 1 is 0.375 bits per heavy atom. The van der Waals surface area contributed by atoms with Crippen molar-refractivity contribution in [2.75, 3.05) is 5.01 Å². The molecule has 10 aromatic rings. The highest BCUT2D eigenvalue weighted by Gasteiger charge is 2.48. The summed E-state index contributed by atoms with van der Waals surface area (Å²) in [5.41, 5.74) is 8.39. The van der Waals surface area contributed by atoms with Crippen LogP contribution in [0.15, 0.2) is 222 Å². The summed E-state index contributed by atoms with van der Waals surface area (Å²) in [7, 11) is 0. The standard InChI is InChI=1S/C51H35N5/c1-5-19-36(20-6-1)49-52-50(37-21-7-2-8-22-37)56(55-47-31-17-14-27-41(47)42-28-15-18-32-48(42)55)51(53-49,38-23-9-3-10-24-38)39-33-34-46-44(35-39)43-29-13-16-30-45(43)54(46)40-25-11-4-12-26-40/h1-35H. The van der Waals surface area contributed by atoms with Crippen LogP contribution < -0.4 is 5.01 Å². The second kappa shape index (κ2) is 12.8. The van der Waals surface area contributed by atoms with E-state index < -0.39 is 5.66 Å². The predicted molar refractivity (Wildman–Crippen MR) is 232 cm³/mol. The first-order chi connectivity index (χ1) is 27.8. The number of nitrogens with zero attached hydrogens (tertiary/aromatic N) is 5. The zero-order valence-electron chi connectivity index (χ0n) is 30.4. The molecule has 5 nitrogen and oxygen atoms in total. The Hall–Kier alpha value is -7.50. The molecule has 1 aliphatic heterocycles. The number of aromatic nitrogens is 2. The molecule has 2 aromatic heterocycles. The van der Waals surface area contributed by atoms with E-state index in [0.29, 0.717) is 5.84 Å². The van der Waals surface area contributed by atoms with Crippen LogP contribution in [0.1, 0.15) is 22.3 Å². The number of amidine groups is 2. The summed E-state index contributed by atoms with van der Waals surface area (Å²) in [4.78, 5) is 11.5. The van der Waals surface area contributed by atoms with E-state index in [9.17, 15) is 0 Å². The molecule has 56 heavy (non-hydrogen) atoms. The molecule has 3 heterocycles. The Balaban J connectivity index is 1.32. The van der Waals surface area contributed by atoms with Crippen molar-refractivity contribution < 1.29 is 0 Å². The van der Waals surface area contributed by atoms with Crippen molar-refractivity contribution in [2.24, 2.45) is 9.98 Å². The second-order valence-corrected chi connectivity index (χ2v) is 14.2. The van der Waals surface area contributed by atoms with Gasteiger partial charge in [0.2, 0.25) is 5.66 Å². The minimum Gasteiger partial charge on any atom is -0.309 e. The molecule has 1 aliphatic rings. The Morgan fingerprint density at radius 3 is 1.48 bits per heavy atom. The molecule has 0 fully saturated rings. The number of para-hydroxylation sites is 4. The van der Waals surface area contributed by atoms with Gasteiger partial charge in [-0.2, -0.15) is 0 Å². The molecule has 0 bridgehead atoms. The molecule has 0 spiro atoms. The van der Waals surface area contributed by atoms with E-state index >= 15 is 0 Å². The number of aliphatic imine (C=N–C) groups is 2. The number of fused-ring (bicyclic) bond motifs is 6. The number of hydrogen-bond acceptors (Lipinski definition) is 3. The molecular weight excluding hydrogens is 683 g/mol.